The molecule has 10 aromatic carbocycles. The average Bonchev–Trinajstić information content (AvgIpc) is 3.95. The van der Waals surface area contributed by atoms with Crippen LogP contribution in [-0.4, -0.2) is 9.13 Å². The Morgan fingerprint density at radius 1 is 0.262 bits per heavy atom. The van der Waals surface area contributed by atoms with Gasteiger partial charge in [0.05, 0.1) is 22.1 Å². The van der Waals surface area contributed by atoms with Gasteiger partial charge in [0.25, 0.3) is 0 Å². The summed E-state index contributed by atoms with van der Waals surface area (Å²) in [5.74, 6) is 0. The van der Waals surface area contributed by atoms with Gasteiger partial charge in [0, 0.05) is 38.3 Å². The summed E-state index contributed by atoms with van der Waals surface area (Å²) in [4.78, 5) is 0. The molecule has 2 aliphatic rings. The molecule has 0 atom stereocenters. The fraction of sp³-hybridized carbons (Fsp3) is 0.0476. The van der Waals surface area contributed by atoms with Gasteiger partial charge < -0.3 is 9.13 Å². The normalized spacial score (nSPS) is 13.2. The molecular formula is C63H42N2. The number of hydrogen-bond donors (Lipinski definition) is 0. The van der Waals surface area contributed by atoms with Crippen LogP contribution in [0, 0.1) is 0 Å². The highest BCUT2D eigenvalue weighted by Crippen LogP contribution is 2.51. The summed E-state index contributed by atoms with van der Waals surface area (Å²) in [6.07, 6.45) is 0. The van der Waals surface area contributed by atoms with Crippen molar-refractivity contribution in [1.82, 2.24) is 9.13 Å². The maximum absolute atomic E-state index is 2.45. The van der Waals surface area contributed by atoms with Gasteiger partial charge in [-0.2, -0.15) is 0 Å². The van der Waals surface area contributed by atoms with Gasteiger partial charge in [-0.3, -0.25) is 0 Å². The molecule has 0 radical (unpaired) electrons. The van der Waals surface area contributed by atoms with Gasteiger partial charge >= 0.3 is 0 Å². The van der Waals surface area contributed by atoms with Crippen molar-refractivity contribution in [2.75, 3.05) is 0 Å². The number of fused-ring (bicyclic) bond motifs is 16. The molecule has 0 saturated carbocycles. The first-order valence-corrected chi connectivity index (χ1v) is 22.7. The van der Waals surface area contributed by atoms with Crippen molar-refractivity contribution in [3.8, 4) is 78.1 Å². The van der Waals surface area contributed by atoms with Crippen LogP contribution in [0.3, 0.4) is 0 Å². The smallest absolute Gasteiger partial charge is 0.0541 e. The van der Waals surface area contributed by atoms with Gasteiger partial charge in [0.1, 0.15) is 0 Å². The van der Waals surface area contributed by atoms with Crippen molar-refractivity contribution in [1.29, 1.82) is 0 Å². The lowest BCUT2D eigenvalue weighted by Crippen LogP contribution is -2.15. The lowest BCUT2D eigenvalue weighted by atomic mass is 9.80. The molecule has 0 unspecified atom stereocenters. The molecule has 0 amide bonds. The zero-order chi connectivity index (χ0) is 43.0. The molecule has 0 saturated heterocycles. The van der Waals surface area contributed by atoms with Crippen LogP contribution in [0.25, 0.3) is 122 Å². The van der Waals surface area contributed by atoms with Gasteiger partial charge in [-0.15, -0.1) is 0 Å². The van der Waals surface area contributed by atoms with Crippen LogP contribution in [-0.2, 0) is 5.41 Å². The number of hydrogen-bond acceptors (Lipinski definition) is 0. The Morgan fingerprint density at radius 3 is 0.892 bits per heavy atom. The van der Waals surface area contributed by atoms with Crippen LogP contribution >= 0.6 is 0 Å². The first-order chi connectivity index (χ1) is 31.9. The van der Waals surface area contributed by atoms with Crippen molar-refractivity contribution in [3.05, 3.63) is 230 Å². The molecule has 2 nitrogen and oxygen atoms in total. The third-order valence-corrected chi connectivity index (χ3v) is 14.6. The first-order valence-electron chi connectivity index (χ1n) is 22.7. The highest BCUT2D eigenvalue weighted by Gasteiger charge is 2.36. The standard InChI is InChI=1S/C63H42N2/c1-63(2)57-37-47-19-25-51(57)52-26-20-48(38-58(52)63)42-14-10-12-40(32-42)44-22-28-60-54(34-44)56-36-46(24-30-62(56)65(60)50-17-7-4-8-18-50)45-23-29-61-55(35-45)53-33-43(39-11-9-13-41(47)31-39)21-27-59(53)64(61)49-15-5-3-6-16-49/h3-38H,1-2H3. The number of rotatable bonds is 2. The zero-order valence-corrected chi connectivity index (χ0v) is 36.2. The summed E-state index contributed by atoms with van der Waals surface area (Å²) in [6.45, 7) is 4.79. The van der Waals surface area contributed by atoms with E-state index in [1.165, 1.54) is 122 Å². The lowest BCUT2D eigenvalue weighted by molar-refractivity contribution is 0.661. The molecular weight excluding hydrogens is 785 g/mol. The van der Waals surface area contributed by atoms with E-state index in [4.69, 9.17) is 0 Å². The summed E-state index contributed by atoms with van der Waals surface area (Å²) in [5.41, 5.74) is 24.5. The molecule has 12 aromatic rings. The van der Waals surface area contributed by atoms with E-state index < -0.39 is 0 Å². The number of para-hydroxylation sites is 2. The molecule has 304 valence electrons. The maximum Gasteiger partial charge on any atom is 0.0541 e. The minimum atomic E-state index is -0.161. The van der Waals surface area contributed by atoms with Gasteiger partial charge in [-0.05, 0) is 175 Å². The average molecular weight is 827 g/mol. The van der Waals surface area contributed by atoms with Crippen molar-refractivity contribution < 1.29 is 0 Å². The molecule has 0 fully saturated rings. The summed E-state index contributed by atoms with van der Waals surface area (Å²) in [7, 11) is 0. The van der Waals surface area contributed by atoms with Gasteiger partial charge in [-0.1, -0.05) is 135 Å². The third-order valence-electron chi connectivity index (χ3n) is 14.6. The molecule has 65 heavy (non-hydrogen) atoms. The Balaban J connectivity index is 1.06. The molecule has 0 spiro atoms. The van der Waals surface area contributed by atoms with E-state index in [2.05, 4.69) is 241 Å². The fourth-order valence-electron chi connectivity index (χ4n) is 11.3. The number of nitrogens with zero attached hydrogens (tertiary/aromatic N) is 2. The second-order valence-corrected chi connectivity index (χ2v) is 18.6. The molecule has 2 aliphatic carbocycles. The Morgan fingerprint density at radius 2 is 0.554 bits per heavy atom. The van der Waals surface area contributed by atoms with Crippen molar-refractivity contribution >= 4 is 43.6 Å². The summed E-state index contributed by atoms with van der Waals surface area (Å²) in [6, 6.07) is 82.2. The summed E-state index contributed by atoms with van der Waals surface area (Å²) in [5, 5.41) is 4.96. The molecule has 2 aromatic heterocycles. The van der Waals surface area contributed by atoms with Crippen LogP contribution < -0.4 is 0 Å². The van der Waals surface area contributed by atoms with Crippen LogP contribution in [0.15, 0.2) is 218 Å². The van der Waals surface area contributed by atoms with Crippen LogP contribution in [0.2, 0.25) is 0 Å². The molecule has 2 heterocycles. The van der Waals surface area contributed by atoms with Gasteiger partial charge in [0.2, 0.25) is 0 Å². The minimum absolute atomic E-state index is 0.161. The monoisotopic (exact) mass is 826 g/mol. The van der Waals surface area contributed by atoms with E-state index in [-0.39, 0.29) is 5.41 Å². The maximum atomic E-state index is 2.45. The Hall–Kier alpha value is -8.20. The van der Waals surface area contributed by atoms with E-state index in [9.17, 15) is 0 Å². The Bertz CT molecular complexity index is 3700. The van der Waals surface area contributed by atoms with E-state index in [1.807, 2.05) is 0 Å². The molecule has 2 heteroatoms. The molecule has 0 aliphatic heterocycles. The summed E-state index contributed by atoms with van der Waals surface area (Å²) < 4.78 is 4.84. The van der Waals surface area contributed by atoms with Gasteiger partial charge in [-0.25, -0.2) is 0 Å². The van der Waals surface area contributed by atoms with E-state index in [1.54, 1.807) is 0 Å². The molecule has 16 bridgehead atoms. The topological polar surface area (TPSA) is 9.86 Å². The zero-order valence-electron chi connectivity index (χ0n) is 36.2. The highest BCUT2D eigenvalue weighted by atomic mass is 15.0. The number of benzene rings is 10. The highest BCUT2D eigenvalue weighted by molar-refractivity contribution is 6.14. The second kappa shape index (κ2) is 13.4. The number of aromatic nitrogens is 2. The van der Waals surface area contributed by atoms with E-state index in [0.717, 1.165) is 11.4 Å². The van der Waals surface area contributed by atoms with E-state index in [0.29, 0.717) is 0 Å². The summed E-state index contributed by atoms with van der Waals surface area (Å²) >= 11 is 0. The van der Waals surface area contributed by atoms with Crippen LogP contribution in [0.5, 0.6) is 0 Å². The van der Waals surface area contributed by atoms with Crippen LogP contribution in [0.4, 0.5) is 0 Å². The van der Waals surface area contributed by atoms with Crippen molar-refractivity contribution in [2.24, 2.45) is 0 Å². The van der Waals surface area contributed by atoms with Crippen molar-refractivity contribution in [3.63, 3.8) is 0 Å². The Kier molecular flexibility index (Phi) is 7.49. The van der Waals surface area contributed by atoms with E-state index >= 15 is 0 Å². The molecule has 14 rings (SSSR count). The fourth-order valence-corrected chi connectivity index (χ4v) is 11.3. The largest absolute Gasteiger partial charge is 0.309 e. The Labute approximate surface area is 377 Å². The first kappa shape index (κ1) is 36.3. The minimum Gasteiger partial charge on any atom is -0.309 e. The van der Waals surface area contributed by atoms with Crippen molar-refractivity contribution in [2.45, 2.75) is 19.3 Å². The van der Waals surface area contributed by atoms with Crippen LogP contribution in [0.1, 0.15) is 25.0 Å². The predicted octanol–water partition coefficient (Wildman–Crippen LogP) is 16.8. The predicted molar refractivity (Wildman–Crippen MR) is 273 cm³/mol. The third kappa shape index (κ3) is 5.35. The second-order valence-electron chi connectivity index (χ2n) is 18.6. The SMILES string of the molecule is CC1(C)c2cc3ccc2-c2ccc(cc21)-c1cccc(c1)-c1ccc2c(c1)c1cc(ccc1n2-c1ccccc1)-c1ccc2c(c1)c1cc(ccc1n2-c1ccccc1)-c1cccc-3c1. The van der Waals surface area contributed by atoms with Gasteiger partial charge in [0.15, 0.2) is 0 Å². The quantitative estimate of drug-likeness (QED) is 0.164. The lowest BCUT2D eigenvalue weighted by Gasteiger charge is -2.23. The molecule has 0 N–H and O–H groups in total.